The number of methoxy groups -OCH3 is 2. The van der Waals surface area contributed by atoms with E-state index >= 15 is 0 Å². The van der Waals surface area contributed by atoms with E-state index in [2.05, 4.69) is 4.98 Å². The number of rotatable bonds is 12. The number of benzene rings is 2. The van der Waals surface area contributed by atoms with E-state index < -0.39 is 27.2 Å². The highest BCUT2D eigenvalue weighted by Crippen LogP contribution is 2.34. The number of aromatic nitrogens is 1. The average molecular weight is 567 g/mol. The number of hydrogen-bond acceptors (Lipinski definition) is 8. The number of pyridine rings is 1. The zero-order valence-corrected chi connectivity index (χ0v) is 22.8. The first-order valence-corrected chi connectivity index (χ1v) is 13.7. The Kier molecular flexibility index (Phi) is 9.18. The molecule has 38 heavy (non-hydrogen) atoms. The van der Waals surface area contributed by atoms with Gasteiger partial charge in [-0.15, -0.1) is 0 Å². The highest BCUT2D eigenvalue weighted by atomic mass is 35.5. The van der Waals surface area contributed by atoms with Crippen LogP contribution in [0.1, 0.15) is 18.2 Å². The number of hydrogen-bond donors (Lipinski definition) is 1. The monoisotopic (exact) mass is 566 g/mol. The number of carbonyl (C=O) groups excluding carboxylic acids is 1. The molecule has 1 atom stereocenters. The minimum atomic E-state index is -3.35. The first-order chi connectivity index (χ1) is 17.9. The number of sulfone groups is 1. The van der Waals surface area contributed by atoms with Crippen molar-refractivity contribution in [1.29, 1.82) is 0 Å². The van der Waals surface area contributed by atoms with Gasteiger partial charge in [-0.2, -0.15) is 0 Å². The number of halogens is 2. The fraction of sp³-hybridized carbons (Fsp3) is 0.308. The van der Waals surface area contributed by atoms with Gasteiger partial charge in [0, 0.05) is 18.4 Å². The number of amides is 1. The fourth-order valence-corrected chi connectivity index (χ4v) is 4.22. The summed E-state index contributed by atoms with van der Waals surface area (Å²) in [5.74, 6) is -0.159. The lowest BCUT2D eigenvalue weighted by Gasteiger charge is -2.29. The standard InChI is InChI=1S/C26H28ClFN2O7S/c1-26(32,24-10-9-22(35-2)25(29-24)18-6-7-20(28)19(27)12-18)14-30(15-31)13-17-5-8-21(23(11-17)36-3)37-16-38(4,33)34/h5-12,15,32H,13-14,16H2,1-4H3. The highest BCUT2D eigenvalue weighted by Gasteiger charge is 2.29. The average Bonchev–Trinajstić information content (AvgIpc) is 2.87. The second kappa shape index (κ2) is 12.0. The van der Waals surface area contributed by atoms with Crippen LogP contribution in [-0.4, -0.2) is 62.8 Å². The van der Waals surface area contributed by atoms with Gasteiger partial charge in [0.2, 0.25) is 6.41 Å². The first kappa shape index (κ1) is 29.2. The smallest absolute Gasteiger partial charge is 0.210 e. The predicted molar refractivity (Wildman–Crippen MR) is 141 cm³/mol. The number of carbonyl (C=O) groups is 1. The minimum Gasteiger partial charge on any atom is -0.494 e. The fourth-order valence-electron chi connectivity index (χ4n) is 3.70. The molecule has 1 unspecified atom stereocenters. The summed E-state index contributed by atoms with van der Waals surface area (Å²) in [7, 11) is -0.479. The van der Waals surface area contributed by atoms with Crippen molar-refractivity contribution in [1.82, 2.24) is 9.88 Å². The van der Waals surface area contributed by atoms with Crippen LogP contribution in [0.25, 0.3) is 11.3 Å². The summed E-state index contributed by atoms with van der Waals surface area (Å²) in [5, 5.41) is 11.2. The zero-order valence-electron chi connectivity index (χ0n) is 21.3. The molecule has 3 aromatic rings. The lowest BCUT2D eigenvalue weighted by molar-refractivity contribution is -0.122. The Hall–Kier alpha value is -3.41. The van der Waals surface area contributed by atoms with Gasteiger partial charge in [0.05, 0.1) is 31.5 Å². The molecule has 0 saturated carbocycles. The quantitative estimate of drug-likeness (QED) is 0.329. The third-order valence-electron chi connectivity index (χ3n) is 5.53. The second-order valence-corrected chi connectivity index (χ2v) is 11.3. The Labute approximate surface area is 225 Å². The maximum atomic E-state index is 13.7. The first-order valence-electron chi connectivity index (χ1n) is 11.3. The Morgan fingerprint density at radius 1 is 1.08 bits per heavy atom. The molecule has 0 bridgehead atoms. The van der Waals surface area contributed by atoms with E-state index in [1.807, 2.05) is 0 Å². The van der Waals surface area contributed by atoms with Crippen LogP contribution in [-0.2, 0) is 26.8 Å². The Morgan fingerprint density at radius 2 is 1.76 bits per heavy atom. The van der Waals surface area contributed by atoms with Crippen LogP contribution in [0.2, 0.25) is 5.02 Å². The molecule has 0 aliphatic heterocycles. The third kappa shape index (κ3) is 7.33. The van der Waals surface area contributed by atoms with Gasteiger partial charge < -0.3 is 24.2 Å². The lowest BCUT2D eigenvalue weighted by atomic mass is 9.99. The summed E-state index contributed by atoms with van der Waals surface area (Å²) in [4.78, 5) is 17.8. The molecule has 0 spiro atoms. The molecule has 0 fully saturated rings. The van der Waals surface area contributed by atoms with Crippen molar-refractivity contribution in [3.8, 4) is 28.5 Å². The van der Waals surface area contributed by atoms with Crippen LogP contribution in [0.4, 0.5) is 4.39 Å². The van der Waals surface area contributed by atoms with Crippen molar-refractivity contribution in [3.05, 3.63) is 70.6 Å². The Balaban J connectivity index is 1.83. The largest absolute Gasteiger partial charge is 0.494 e. The third-order valence-corrected chi connectivity index (χ3v) is 6.36. The molecule has 0 saturated heterocycles. The Morgan fingerprint density at radius 3 is 2.37 bits per heavy atom. The van der Waals surface area contributed by atoms with Crippen LogP contribution >= 0.6 is 11.6 Å². The van der Waals surface area contributed by atoms with Crippen molar-refractivity contribution in [2.75, 3.05) is 33.0 Å². The van der Waals surface area contributed by atoms with Gasteiger partial charge in [0.25, 0.3) is 0 Å². The number of nitrogens with zero attached hydrogens (tertiary/aromatic N) is 2. The summed E-state index contributed by atoms with van der Waals surface area (Å²) < 4.78 is 52.5. The molecule has 9 nitrogen and oxygen atoms in total. The van der Waals surface area contributed by atoms with Crippen molar-refractivity contribution in [2.24, 2.45) is 0 Å². The molecule has 12 heteroatoms. The molecular formula is C26H28ClFN2O7S. The van der Waals surface area contributed by atoms with E-state index in [0.29, 0.717) is 34.7 Å². The molecule has 1 heterocycles. The molecule has 1 amide bonds. The highest BCUT2D eigenvalue weighted by molar-refractivity contribution is 7.90. The van der Waals surface area contributed by atoms with E-state index in [0.717, 1.165) is 6.26 Å². The summed E-state index contributed by atoms with van der Waals surface area (Å²) in [6.07, 6.45) is 1.65. The summed E-state index contributed by atoms with van der Waals surface area (Å²) in [6.45, 7) is 1.51. The molecule has 2 aromatic carbocycles. The Bertz CT molecular complexity index is 1420. The maximum Gasteiger partial charge on any atom is 0.210 e. The van der Waals surface area contributed by atoms with Gasteiger partial charge in [0.1, 0.15) is 22.9 Å². The van der Waals surface area contributed by atoms with Gasteiger partial charge in [0.15, 0.2) is 27.3 Å². The van der Waals surface area contributed by atoms with Crippen LogP contribution in [0.15, 0.2) is 48.5 Å². The summed E-state index contributed by atoms with van der Waals surface area (Å²) in [6, 6.07) is 12.1. The molecule has 204 valence electrons. The van der Waals surface area contributed by atoms with Crippen molar-refractivity contribution in [2.45, 2.75) is 19.1 Å². The van der Waals surface area contributed by atoms with Crippen molar-refractivity contribution >= 4 is 27.8 Å². The minimum absolute atomic E-state index is 0.0844. The molecule has 1 N–H and O–H groups in total. The van der Waals surface area contributed by atoms with Crippen molar-refractivity contribution < 1.29 is 36.9 Å². The predicted octanol–water partition coefficient (Wildman–Crippen LogP) is 3.81. The van der Waals surface area contributed by atoms with E-state index in [4.69, 9.17) is 25.8 Å². The number of ether oxygens (including phenoxy) is 3. The SMILES string of the molecule is COc1cc(CN(C=O)CC(C)(O)c2ccc(OC)c(-c3ccc(F)c(Cl)c3)n2)ccc1OCS(C)(=O)=O. The van der Waals surface area contributed by atoms with Crippen LogP contribution < -0.4 is 14.2 Å². The van der Waals surface area contributed by atoms with Crippen LogP contribution in [0, 0.1) is 5.82 Å². The van der Waals surface area contributed by atoms with E-state index in [1.165, 1.54) is 44.2 Å². The molecular weight excluding hydrogens is 539 g/mol. The van der Waals surface area contributed by atoms with Gasteiger partial charge >= 0.3 is 0 Å². The molecule has 1 aromatic heterocycles. The molecule has 0 radical (unpaired) electrons. The van der Waals surface area contributed by atoms with E-state index in [1.54, 1.807) is 30.3 Å². The normalized spacial score (nSPS) is 12.9. The van der Waals surface area contributed by atoms with Crippen LogP contribution in [0.5, 0.6) is 17.2 Å². The van der Waals surface area contributed by atoms with E-state index in [9.17, 15) is 22.7 Å². The molecule has 3 rings (SSSR count). The summed E-state index contributed by atoms with van der Waals surface area (Å²) >= 11 is 5.94. The van der Waals surface area contributed by atoms with Gasteiger partial charge in [-0.3, -0.25) is 4.79 Å². The van der Waals surface area contributed by atoms with E-state index in [-0.39, 0.29) is 29.6 Å². The molecule has 0 aliphatic rings. The summed E-state index contributed by atoms with van der Waals surface area (Å²) in [5.41, 5.74) is 0.167. The maximum absolute atomic E-state index is 13.7. The van der Waals surface area contributed by atoms with Gasteiger partial charge in [-0.05, 0) is 55.0 Å². The van der Waals surface area contributed by atoms with Gasteiger partial charge in [-0.25, -0.2) is 17.8 Å². The zero-order chi connectivity index (χ0) is 28.1. The second-order valence-electron chi connectivity index (χ2n) is 8.83. The number of aliphatic hydroxyl groups is 1. The topological polar surface area (TPSA) is 115 Å². The molecule has 0 aliphatic carbocycles. The lowest BCUT2D eigenvalue weighted by Crippen LogP contribution is -2.38. The van der Waals surface area contributed by atoms with Crippen molar-refractivity contribution in [3.63, 3.8) is 0 Å². The van der Waals surface area contributed by atoms with Gasteiger partial charge in [-0.1, -0.05) is 17.7 Å². The van der Waals surface area contributed by atoms with Crippen LogP contribution in [0.3, 0.4) is 0 Å².